The van der Waals surface area contributed by atoms with Gasteiger partial charge in [-0.3, -0.25) is 4.79 Å². The summed E-state index contributed by atoms with van der Waals surface area (Å²) in [5.41, 5.74) is 0. The lowest BCUT2D eigenvalue weighted by molar-refractivity contribution is 0.112. The minimum Gasteiger partial charge on any atom is -0.297 e. The molecule has 0 bridgehead atoms. The highest BCUT2D eigenvalue weighted by Gasteiger charge is 2.14. The van der Waals surface area contributed by atoms with E-state index in [1.54, 1.807) is 6.07 Å². The van der Waals surface area contributed by atoms with Gasteiger partial charge in [0.05, 0.1) is 9.90 Å². The predicted molar refractivity (Wildman–Crippen MR) is 57.2 cm³/mol. The first kappa shape index (κ1) is 9.90. The highest BCUT2D eigenvalue weighted by atomic mass is 35.5. The normalized spacial score (nSPS) is 10.8. The third kappa shape index (κ3) is 1.41. The second-order valence-corrected chi connectivity index (χ2v) is 4.56. The van der Waals surface area contributed by atoms with Gasteiger partial charge in [0.25, 0.3) is 0 Å². The molecule has 0 aliphatic heterocycles. The molecule has 1 aromatic heterocycles. The van der Waals surface area contributed by atoms with E-state index < -0.39 is 5.82 Å². The van der Waals surface area contributed by atoms with Crippen LogP contribution >= 0.6 is 34.5 Å². The Kier molecular flexibility index (Phi) is 2.47. The van der Waals surface area contributed by atoms with Gasteiger partial charge in [-0.15, -0.1) is 11.3 Å². The first-order valence-electron chi connectivity index (χ1n) is 3.65. The molecule has 0 saturated heterocycles. The van der Waals surface area contributed by atoms with Crippen molar-refractivity contribution in [2.75, 3.05) is 0 Å². The van der Waals surface area contributed by atoms with Crippen LogP contribution in [0.3, 0.4) is 0 Å². The van der Waals surface area contributed by atoms with Crippen LogP contribution in [0.25, 0.3) is 10.1 Å². The molecule has 1 heterocycles. The summed E-state index contributed by atoms with van der Waals surface area (Å²) < 4.78 is 14.0. The molecule has 2 rings (SSSR count). The second kappa shape index (κ2) is 3.50. The third-order valence-corrected chi connectivity index (χ3v) is 3.57. The van der Waals surface area contributed by atoms with Crippen LogP contribution in [0, 0.1) is 5.82 Å². The monoisotopic (exact) mass is 248 g/mol. The Balaban J connectivity index is 2.92. The predicted octanol–water partition coefficient (Wildman–Crippen LogP) is 4.16. The lowest BCUT2D eigenvalue weighted by atomic mass is 10.2. The number of benzene rings is 1. The molecule has 2 aromatic rings. The van der Waals surface area contributed by atoms with E-state index in [-0.39, 0.29) is 10.4 Å². The lowest BCUT2D eigenvalue weighted by Gasteiger charge is -1.94. The Labute approximate surface area is 93.1 Å². The van der Waals surface area contributed by atoms with Crippen LogP contribution in [0.5, 0.6) is 0 Å². The molecule has 0 aliphatic rings. The summed E-state index contributed by atoms with van der Waals surface area (Å²) in [5.74, 6) is -0.498. The molecule has 0 amide bonds. The summed E-state index contributed by atoms with van der Waals surface area (Å²) in [6.07, 6.45) is 0.611. The summed E-state index contributed by atoms with van der Waals surface area (Å²) in [6.45, 7) is 0. The highest BCUT2D eigenvalue weighted by Crippen LogP contribution is 2.37. The average Bonchev–Trinajstić information content (AvgIpc) is 2.42. The number of carbonyl (C=O) groups excluding carboxylic acids is 1. The van der Waals surface area contributed by atoms with Gasteiger partial charge in [0.1, 0.15) is 5.82 Å². The molecule has 5 heteroatoms. The number of aldehydes is 1. The Morgan fingerprint density at radius 1 is 1.36 bits per heavy atom. The summed E-state index contributed by atoms with van der Waals surface area (Å²) in [7, 11) is 0. The molecule has 0 unspecified atom stereocenters. The van der Waals surface area contributed by atoms with Gasteiger partial charge in [0.2, 0.25) is 0 Å². The van der Waals surface area contributed by atoms with Gasteiger partial charge in [-0.05, 0) is 12.1 Å². The summed E-state index contributed by atoms with van der Waals surface area (Å²) in [5, 5.41) is 0.725. The number of carbonyl (C=O) groups is 1. The van der Waals surface area contributed by atoms with Crippen molar-refractivity contribution in [1.82, 2.24) is 0 Å². The molecular weight excluding hydrogens is 246 g/mol. The van der Waals surface area contributed by atoms with Crippen molar-refractivity contribution in [3.05, 3.63) is 32.9 Å². The third-order valence-electron chi connectivity index (χ3n) is 1.78. The van der Waals surface area contributed by atoms with Crippen LogP contribution in [0.1, 0.15) is 9.67 Å². The van der Waals surface area contributed by atoms with E-state index >= 15 is 0 Å². The average molecular weight is 249 g/mol. The minimum atomic E-state index is -0.498. The van der Waals surface area contributed by atoms with Crippen LogP contribution in [0.2, 0.25) is 10.0 Å². The lowest BCUT2D eigenvalue weighted by Crippen LogP contribution is -1.76. The first-order valence-corrected chi connectivity index (χ1v) is 5.23. The zero-order valence-electron chi connectivity index (χ0n) is 6.68. The smallest absolute Gasteiger partial charge is 0.161 e. The van der Waals surface area contributed by atoms with Gasteiger partial charge < -0.3 is 0 Å². The summed E-state index contributed by atoms with van der Waals surface area (Å²) in [4.78, 5) is 10.9. The number of thiophene rings is 1. The van der Waals surface area contributed by atoms with Crippen LogP contribution in [-0.2, 0) is 0 Å². The molecule has 0 spiro atoms. The largest absolute Gasteiger partial charge is 0.297 e. The molecule has 0 aliphatic carbocycles. The Morgan fingerprint density at radius 2 is 2.07 bits per heavy atom. The fourth-order valence-corrected chi connectivity index (χ4v) is 2.85. The zero-order valence-corrected chi connectivity index (χ0v) is 9.01. The fourth-order valence-electron chi connectivity index (χ4n) is 1.21. The van der Waals surface area contributed by atoms with Crippen molar-refractivity contribution in [3.8, 4) is 0 Å². The number of hydrogen-bond donors (Lipinski definition) is 0. The van der Waals surface area contributed by atoms with E-state index in [9.17, 15) is 9.18 Å². The van der Waals surface area contributed by atoms with Gasteiger partial charge in [-0.1, -0.05) is 23.2 Å². The van der Waals surface area contributed by atoms with E-state index in [4.69, 9.17) is 23.2 Å². The van der Waals surface area contributed by atoms with Gasteiger partial charge >= 0.3 is 0 Å². The number of rotatable bonds is 1. The van der Waals surface area contributed by atoms with Crippen molar-refractivity contribution >= 4 is 50.9 Å². The molecule has 0 fully saturated rings. The molecule has 1 aromatic carbocycles. The van der Waals surface area contributed by atoms with Crippen LogP contribution < -0.4 is 0 Å². The summed E-state index contributed by atoms with van der Waals surface area (Å²) in [6, 6.07) is 2.76. The first-order chi connectivity index (χ1) is 6.63. The van der Waals surface area contributed by atoms with Crippen molar-refractivity contribution in [1.29, 1.82) is 0 Å². The van der Waals surface area contributed by atoms with E-state index in [1.165, 1.54) is 6.07 Å². The second-order valence-electron chi connectivity index (χ2n) is 2.66. The van der Waals surface area contributed by atoms with Crippen molar-refractivity contribution in [3.63, 3.8) is 0 Å². The number of fused-ring (bicyclic) bond motifs is 1. The minimum absolute atomic E-state index is 0.161. The molecule has 72 valence electrons. The van der Waals surface area contributed by atoms with Crippen LogP contribution in [0.4, 0.5) is 4.39 Å². The highest BCUT2D eigenvalue weighted by molar-refractivity contribution is 7.21. The Hall–Kier alpha value is -0.640. The van der Waals surface area contributed by atoms with E-state index in [0.29, 0.717) is 20.9 Å². The van der Waals surface area contributed by atoms with Gasteiger partial charge in [-0.25, -0.2) is 4.39 Å². The topological polar surface area (TPSA) is 17.1 Å². The van der Waals surface area contributed by atoms with Crippen molar-refractivity contribution < 1.29 is 9.18 Å². The summed E-state index contributed by atoms with van der Waals surface area (Å²) >= 11 is 12.6. The number of hydrogen-bond acceptors (Lipinski definition) is 2. The maximum atomic E-state index is 13.4. The molecule has 0 radical (unpaired) electrons. The SMILES string of the molecule is O=Cc1sc2cc(Cl)cc(F)c2c1Cl. The maximum Gasteiger partial charge on any atom is 0.161 e. The molecule has 0 N–H and O–H groups in total. The maximum absolute atomic E-state index is 13.4. The van der Waals surface area contributed by atoms with Crippen LogP contribution in [-0.4, -0.2) is 6.29 Å². The van der Waals surface area contributed by atoms with Crippen molar-refractivity contribution in [2.24, 2.45) is 0 Å². The van der Waals surface area contributed by atoms with Gasteiger partial charge in [0.15, 0.2) is 6.29 Å². The molecular formula is C9H3Cl2FOS. The quantitative estimate of drug-likeness (QED) is 0.693. The van der Waals surface area contributed by atoms with E-state index in [0.717, 1.165) is 11.3 Å². The van der Waals surface area contributed by atoms with E-state index in [1.807, 2.05) is 0 Å². The Bertz CT molecular complexity index is 521. The van der Waals surface area contributed by atoms with Gasteiger partial charge in [-0.2, -0.15) is 0 Å². The fraction of sp³-hybridized carbons (Fsp3) is 0. The van der Waals surface area contributed by atoms with Crippen molar-refractivity contribution in [2.45, 2.75) is 0 Å². The molecule has 0 saturated carbocycles. The Morgan fingerprint density at radius 3 is 2.71 bits per heavy atom. The molecule has 14 heavy (non-hydrogen) atoms. The molecule has 0 atom stereocenters. The zero-order chi connectivity index (χ0) is 10.3. The molecule has 1 nitrogen and oxygen atoms in total. The number of halogens is 3. The van der Waals surface area contributed by atoms with Crippen LogP contribution in [0.15, 0.2) is 12.1 Å². The standard InChI is InChI=1S/C9H3Cl2FOS/c10-4-1-5(12)8-6(2-4)14-7(3-13)9(8)11/h1-3H. The van der Waals surface area contributed by atoms with E-state index in [2.05, 4.69) is 0 Å². The van der Waals surface area contributed by atoms with Gasteiger partial charge in [0, 0.05) is 15.1 Å².